The topological polar surface area (TPSA) is 65.9 Å². The zero-order valence-electron chi connectivity index (χ0n) is 16.6. The summed E-state index contributed by atoms with van der Waals surface area (Å²) in [5.41, 5.74) is 0.691. The largest absolute Gasteiger partial charge is 0.491 e. The van der Waals surface area contributed by atoms with Crippen LogP contribution in [0, 0.1) is 0 Å². The van der Waals surface area contributed by atoms with Crippen LogP contribution >= 0.6 is 24.8 Å². The lowest BCUT2D eigenvalue weighted by Gasteiger charge is -2.36. The lowest BCUT2D eigenvalue weighted by Crippen LogP contribution is -2.49. The molecule has 8 heteroatoms. The van der Waals surface area contributed by atoms with Crippen LogP contribution in [-0.2, 0) is 0 Å². The molecule has 6 nitrogen and oxygen atoms in total. The SMILES string of the molecule is CCC(=O)c1ccc(OCC(O)CN2CCN(c3ccccn3)CC2)cc1.Cl.Cl. The number of carbonyl (C=O) groups excluding carboxylic acids is 1. The van der Waals surface area contributed by atoms with Crippen molar-refractivity contribution in [1.29, 1.82) is 0 Å². The van der Waals surface area contributed by atoms with E-state index < -0.39 is 6.10 Å². The minimum absolute atomic E-state index is 0. The van der Waals surface area contributed by atoms with Crippen molar-refractivity contribution >= 4 is 36.4 Å². The number of aliphatic hydroxyl groups is 1. The molecule has 0 aliphatic carbocycles. The number of ether oxygens (including phenoxy) is 1. The number of nitrogens with zero attached hydrogens (tertiary/aromatic N) is 3. The number of aromatic nitrogens is 1. The molecule has 1 fully saturated rings. The average molecular weight is 442 g/mol. The number of ketones is 1. The van der Waals surface area contributed by atoms with Crippen LogP contribution in [0.5, 0.6) is 5.75 Å². The van der Waals surface area contributed by atoms with Crippen molar-refractivity contribution < 1.29 is 14.6 Å². The molecule has 0 radical (unpaired) electrons. The normalized spacial score (nSPS) is 15.0. The zero-order valence-corrected chi connectivity index (χ0v) is 18.2. The van der Waals surface area contributed by atoms with Gasteiger partial charge in [-0.3, -0.25) is 9.69 Å². The van der Waals surface area contributed by atoms with Gasteiger partial charge >= 0.3 is 0 Å². The van der Waals surface area contributed by atoms with Gasteiger partial charge in [-0.05, 0) is 36.4 Å². The lowest BCUT2D eigenvalue weighted by atomic mass is 10.1. The van der Waals surface area contributed by atoms with E-state index in [1.807, 2.05) is 31.3 Å². The number of Topliss-reactive ketones (excluding diaryl/α,β-unsaturated/α-hetero) is 1. The van der Waals surface area contributed by atoms with Crippen LogP contribution < -0.4 is 9.64 Å². The van der Waals surface area contributed by atoms with Crippen LogP contribution in [0.25, 0.3) is 0 Å². The van der Waals surface area contributed by atoms with E-state index in [0.717, 1.165) is 32.0 Å². The van der Waals surface area contributed by atoms with Crippen LogP contribution in [0.1, 0.15) is 23.7 Å². The van der Waals surface area contributed by atoms with E-state index >= 15 is 0 Å². The number of carbonyl (C=O) groups is 1. The summed E-state index contributed by atoms with van der Waals surface area (Å²) in [6, 6.07) is 13.0. The Kier molecular flexibility index (Phi) is 11.0. The van der Waals surface area contributed by atoms with Crippen LogP contribution in [0.2, 0.25) is 0 Å². The summed E-state index contributed by atoms with van der Waals surface area (Å²) in [6.07, 6.45) is 1.75. The monoisotopic (exact) mass is 441 g/mol. The van der Waals surface area contributed by atoms with Crippen molar-refractivity contribution in [3.05, 3.63) is 54.2 Å². The molecule has 0 spiro atoms. The molecule has 1 aromatic carbocycles. The van der Waals surface area contributed by atoms with Crippen molar-refractivity contribution in [3.8, 4) is 5.75 Å². The Morgan fingerprint density at radius 1 is 1.10 bits per heavy atom. The highest BCUT2D eigenvalue weighted by Crippen LogP contribution is 2.15. The van der Waals surface area contributed by atoms with E-state index in [4.69, 9.17) is 4.74 Å². The summed E-state index contributed by atoms with van der Waals surface area (Å²) >= 11 is 0. The maximum atomic E-state index is 11.6. The second-order valence-electron chi connectivity index (χ2n) is 6.74. The maximum absolute atomic E-state index is 11.6. The first kappa shape index (κ1) is 25.2. The third-order valence-electron chi connectivity index (χ3n) is 4.75. The van der Waals surface area contributed by atoms with Crippen molar-refractivity contribution in [2.24, 2.45) is 0 Å². The fourth-order valence-corrected chi connectivity index (χ4v) is 3.18. The third kappa shape index (κ3) is 7.48. The predicted molar refractivity (Wildman–Crippen MR) is 120 cm³/mol. The molecule has 1 saturated heterocycles. The Morgan fingerprint density at radius 3 is 2.38 bits per heavy atom. The third-order valence-corrected chi connectivity index (χ3v) is 4.75. The van der Waals surface area contributed by atoms with E-state index in [1.54, 1.807) is 24.3 Å². The highest BCUT2D eigenvalue weighted by Gasteiger charge is 2.20. The fraction of sp³-hybridized carbons (Fsp3) is 0.429. The van der Waals surface area contributed by atoms with Crippen molar-refractivity contribution in [3.63, 3.8) is 0 Å². The van der Waals surface area contributed by atoms with Gasteiger partial charge in [0.1, 0.15) is 24.3 Å². The molecule has 1 N–H and O–H groups in total. The van der Waals surface area contributed by atoms with Gasteiger partial charge in [0, 0.05) is 50.9 Å². The number of β-amino-alcohol motifs (C(OH)–C–C–N with tert-alkyl or cyclic N) is 1. The molecule has 1 aliphatic rings. The molecule has 0 saturated carbocycles. The molecule has 29 heavy (non-hydrogen) atoms. The van der Waals surface area contributed by atoms with Gasteiger partial charge in [-0.2, -0.15) is 0 Å². The van der Waals surface area contributed by atoms with Gasteiger partial charge in [-0.1, -0.05) is 13.0 Å². The molecule has 1 aliphatic heterocycles. The molecule has 0 amide bonds. The van der Waals surface area contributed by atoms with Gasteiger partial charge in [0.05, 0.1) is 0 Å². The minimum Gasteiger partial charge on any atom is -0.491 e. The summed E-state index contributed by atoms with van der Waals surface area (Å²) in [7, 11) is 0. The van der Waals surface area contributed by atoms with Gasteiger partial charge < -0.3 is 14.7 Å². The summed E-state index contributed by atoms with van der Waals surface area (Å²) in [4.78, 5) is 20.5. The number of aliphatic hydroxyl groups excluding tert-OH is 1. The number of anilines is 1. The Labute approximate surface area is 184 Å². The van der Waals surface area contributed by atoms with Crippen molar-refractivity contribution in [2.75, 3.05) is 44.2 Å². The van der Waals surface area contributed by atoms with Gasteiger partial charge in [-0.25, -0.2) is 4.98 Å². The summed E-state index contributed by atoms with van der Waals surface area (Å²) in [5.74, 6) is 1.79. The van der Waals surface area contributed by atoms with Crippen molar-refractivity contribution in [2.45, 2.75) is 19.4 Å². The van der Waals surface area contributed by atoms with Gasteiger partial charge in [0.25, 0.3) is 0 Å². The van der Waals surface area contributed by atoms with E-state index in [2.05, 4.69) is 14.8 Å². The fourth-order valence-electron chi connectivity index (χ4n) is 3.18. The Balaban J connectivity index is 0.00000210. The molecule has 160 valence electrons. The first-order valence-corrected chi connectivity index (χ1v) is 9.48. The van der Waals surface area contributed by atoms with Crippen LogP contribution in [-0.4, -0.2) is 66.2 Å². The van der Waals surface area contributed by atoms with E-state index in [0.29, 0.717) is 24.3 Å². The predicted octanol–water partition coefficient (Wildman–Crippen LogP) is 3.08. The van der Waals surface area contributed by atoms with E-state index in [9.17, 15) is 9.90 Å². The first-order valence-electron chi connectivity index (χ1n) is 9.48. The molecule has 0 bridgehead atoms. The number of halogens is 2. The van der Waals surface area contributed by atoms with Crippen LogP contribution in [0.15, 0.2) is 48.7 Å². The number of hydrogen-bond donors (Lipinski definition) is 1. The molecule has 1 unspecified atom stereocenters. The Morgan fingerprint density at radius 2 is 1.79 bits per heavy atom. The Bertz CT molecular complexity index is 724. The second kappa shape index (κ2) is 12.6. The smallest absolute Gasteiger partial charge is 0.162 e. The molecule has 2 aromatic rings. The highest BCUT2D eigenvalue weighted by atomic mass is 35.5. The Hall–Kier alpha value is -1.86. The molecule has 2 heterocycles. The number of benzene rings is 1. The molecule has 1 aromatic heterocycles. The molecule has 3 rings (SSSR count). The highest BCUT2D eigenvalue weighted by molar-refractivity contribution is 5.95. The van der Waals surface area contributed by atoms with Gasteiger partial charge in [-0.15, -0.1) is 24.8 Å². The minimum atomic E-state index is -0.552. The maximum Gasteiger partial charge on any atom is 0.162 e. The number of pyridine rings is 1. The van der Waals surface area contributed by atoms with E-state index in [1.165, 1.54) is 0 Å². The zero-order chi connectivity index (χ0) is 19.1. The first-order chi connectivity index (χ1) is 13.2. The van der Waals surface area contributed by atoms with Crippen LogP contribution in [0.4, 0.5) is 5.82 Å². The number of rotatable bonds is 8. The van der Waals surface area contributed by atoms with Gasteiger partial charge in [0.15, 0.2) is 5.78 Å². The lowest BCUT2D eigenvalue weighted by molar-refractivity contribution is 0.0662. The average Bonchev–Trinajstić information content (AvgIpc) is 2.73. The van der Waals surface area contributed by atoms with Gasteiger partial charge in [0.2, 0.25) is 0 Å². The molecule has 1 atom stereocenters. The quantitative estimate of drug-likeness (QED) is 0.634. The molecular formula is C21H29Cl2N3O3. The van der Waals surface area contributed by atoms with Crippen molar-refractivity contribution in [1.82, 2.24) is 9.88 Å². The summed E-state index contributed by atoms with van der Waals surface area (Å²) in [6.45, 7) is 6.25. The summed E-state index contributed by atoms with van der Waals surface area (Å²) < 4.78 is 5.66. The van der Waals surface area contributed by atoms with E-state index in [-0.39, 0.29) is 37.2 Å². The summed E-state index contributed by atoms with van der Waals surface area (Å²) in [5, 5.41) is 10.3. The number of piperazine rings is 1. The number of hydrogen-bond acceptors (Lipinski definition) is 6. The molecular weight excluding hydrogens is 413 g/mol. The standard InChI is InChI=1S/C21H27N3O3.2ClH/c1-2-20(26)17-6-8-19(9-7-17)27-16-18(25)15-23-11-13-24(14-12-23)21-5-3-4-10-22-21;;/h3-10,18,25H,2,11-16H2,1H3;2*1H. The van der Waals surface area contributed by atoms with Crippen LogP contribution in [0.3, 0.4) is 0 Å². The second-order valence-corrected chi connectivity index (χ2v) is 6.74.